The summed E-state index contributed by atoms with van der Waals surface area (Å²) in [4.78, 5) is 27.5. The average molecular weight is 377 g/mol. The Kier molecular flexibility index (Phi) is 6.18. The first kappa shape index (κ1) is 19.4. The fourth-order valence-electron chi connectivity index (χ4n) is 3.51. The van der Waals surface area contributed by atoms with E-state index < -0.39 is 5.60 Å². The van der Waals surface area contributed by atoms with Gasteiger partial charge in [-0.25, -0.2) is 4.79 Å². The molecule has 0 bridgehead atoms. The number of hydrogen-bond donors (Lipinski definition) is 2. The number of carbonyl (C=O) groups is 2. The highest BCUT2D eigenvalue weighted by Crippen LogP contribution is 2.24. The highest BCUT2D eigenvalue weighted by atomic mass is 16.6. The van der Waals surface area contributed by atoms with Crippen LogP contribution in [0.2, 0.25) is 0 Å². The minimum absolute atomic E-state index is 0.170. The van der Waals surface area contributed by atoms with Gasteiger partial charge < -0.3 is 29.7 Å². The number of carbonyl (C=O) groups excluding carboxylic acids is 2. The summed E-state index contributed by atoms with van der Waals surface area (Å²) in [5.41, 5.74) is -0.449. The van der Waals surface area contributed by atoms with Crippen molar-refractivity contribution in [2.75, 3.05) is 46.4 Å². The second-order valence-electron chi connectivity index (χ2n) is 6.99. The Bertz CT molecular complexity index is 683. The van der Waals surface area contributed by atoms with Crippen molar-refractivity contribution in [2.24, 2.45) is 0 Å². The summed E-state index contributed by atoms with van der Waals surface area (Å²) in [5, 5.41) is 14.0. The van der Waals surface area contributed by atoms with Crippen molar-refractivity contribution in [1.82, 2.24) is 15.1 Å². The predicted octanol–water partition coefficient (Wildman–Crippen LogP) is 0.591. The third kappa shape index (κ3) is 4.70. The Morgan fingerprint density at radius 2 is 2.15 bits per heavy atom. The van der Waals surface area contributed by atoms with E-state index in [4.69, 9.17) is 9.47 Å². The summed E-state index contributed by atoms with van der Waals surface area (Å²) in [6, 6.07) is 7.59. The minimum Gasteiger partial charge on any atom is -0.497 e. The third-order valence-electron chi connectivity index (χ3n) is 5.03. The topological polar surface area (TPSA) is 91.3 Å². The van der Waals surface area contributed by atoms with Crippen molar-refractivity contribution in [1.29, 1.82) is 0 Å². The van der Waals surface area contributed by atoms with Crippen LogP contribution in [0.1, 0.15) is 18.4 Å². The molecule has 2 aliphatic heterocycles. The number of amides is 2. The molecule has 0 spiro atoms. The lowest BCUT2D eigenvalue weighted by Gasteiger charge is -2.38. The molecule has 8 heteroatoms. The lowest BCUT2D eigenvalue weighted by atomic mass is 9.91. The normalized spacial score (nSPS) is 22.9. The Balaban J connectivity index is 1.52. The zero-order chi connectivity index (χ0) is 19.3. The first-order valence-electron chi connectivity index (χ1n) is 9.29. The van der Waals surface area contributed by atoms with Crippen molar-refractivity contribution in [3.05, 3.63) is 29.8 Å². The van der Waals surface area contributed by atoms with Crippen molar-refractivity contribution >= 4 is 12.0 Å². The monoisotopic (exact) mass is 377 g/mol. The summed E-state index contributed by atoms with van der Waals surface area (Å²) >= 11 is 0. The van der Waals surface area contributed by atoms with E-state index >= 15 is 0 Å². The van der Waals surface area contributed by atoms with Crippen molar-refractivity contribution in [3.8, 4) is 5.75 Å². The predicted molar refractivity (Wildman–Crippen MR) is 98.4 cm³/mol. The van der Waals surface area contributed by atoms with Gasteiger partial charge in [-0.3, -0.25) is 4.79 Å². The van der Waals surface area contributed by atoms with Crippen LogP contribution in [0.25, 0.3) is 0 Å². The number of nitrogens with one attached hydrogen (secondary N) is 1. The number of piperidine rings is 1. The van der Waals surface area contributed by atoms with Gasteiger partial charge in [0.1, 0.15) is 12.4 Å². The Hall–Kier alpha value is -2.32. The van der Waals surface area contributed by atoms with E-state index in [9.17, 15) is 14.7 Å². The van der Waals surface area contributed by atoms with Gasteiger partial charge in [-0.05, 0) is 30.5 Å². The third-order valence-corrected chi connectivity index (χ3v) is 5.03. The van der Waals surface area contributed by atoms with Crippen LogP contribution < -0.4 is 10.1 Å². The van der Waals surface area contributed by atoms with E-state index in [2.05, 4.69) is 5.32 Å². The zero-order valence-electron chi connectivity index (χ0n) is 15.6. The van der Waals surface area contributed by atoms with Crippen molar-refractivity contribution in [2.45, 2.75) is 25.0 Å². The molecule has 1 aromatic rings. The van der Waals surface area contributed by atoms with Crippen LogP contribution >= 0.6 is 0 Å². The van der Waals surface area contributed by atoms with Gasteiger partial charge in [0, 0.05) is 32.7 Å². The van der Waals surface area contributed by atoms with Gasteiger partial charge in [-0.1, -0.05) is 12.1 Å². The minimum atomic E-state index is -1.41. The molecule has 1 atom stereocenters. The van der Waals surface area contributed by atoms with Crippen LogP contribution in [0.15, 0.2) is 24.3 Å². The van der Waals surface area contributed by atoms with Crippen LogP contribution in [0.4, 0.5) is 4.79 Å². The van der Waals surface area contributed by atoms with Crippen molar-refractivity contribution < 1.29 is 24.2 Å². The molecule has 0 radical (unpaired) electrons. The quantitative estimate of drug-likeness (QED) is 0.645. The van der Waals surface area contributed by atoms with E-state index in [-0.39, 0.29) is 18.5 Å². The standard InChI is InChI=1S/C19H27N3O5/c1-26-16-5-2-4-15(12-16)13-22-8-3-6-19(25,17(22)23)14-20-7-9-21-10-11-27-18(21)24/h2,4-5,12,20,25H,3,6-11,13-14H2,1H3/t19-/m0/s1. The molecule has 3 rings (SSSR count). The lowest BCUT2D eigenvalue weighted by molar-refractivity contribution is -0.157. The molecule has 0 saturated carbocycles. The Labute approximate surface area is 159 Å². The summed E-state index contributed by atoms with van der Waals surface area (Å²) in [7, 11) is 1.61. The molecule has 0 unspecified atom stereocenters. The molecule has 1 aromatic carbocycles. The first-order chi connectivity index (χ1) is 13.0. The molecule has 2 fully saturated rings. The second kappa shape index (κ2) is 8.58. The molecular weight excluding hydrogens is 350 g/mol. The molecule has 27 heavy (non-hydrogen) atoms. The van der Waals surface area contributed by atoms with Crippen LogP contribution in [0.5, 0.6) is 5.75 Å². The molecule has 148 valence electrons. The largest absolute Gasteiger partial charge is 0.497 e. The summed E-state index contributed by atoms with van der Waals surface area (Å²) in [6.45, 7) is 3.23. The van der Waals surface area contributed by atoms with E-state index in [0.29, 0.717) is 45.8 Å². The zero-order valence-corrected chi connectivity index (χ0v) is 15.6. The van der Waals surface area contributed by atoms with Crippen LogP contribution in [0.3, 0.4) is 0 Å². The van der Waals surface area contributed by atoms with E-state index in [1.54, 1.807) is 16.9 Å². The van der Waals surface area contributed by atoms with E-state index in [0.717, 1.165) is 17.7 Å². The maximum Gasteiger partial charge on any atom is 0.409 e. The fourth-order valence-corrected chi connectivity index (χ4v) is 3.51. The van der Waals surface area contributed by atoms with Gasteiger partial charge in [0.05, 0.1) is 13.7 Å². The number of methoxy groups -OCH3 is 1. The van der Waals surface area contributed by atoms with E-state index in [1.807, 2.05) is 24.3 Å². The number of likely N-dealkylation sites (tertiary alicyclic amines) is 1. The van der Waals surface area contributed by atoms with Crippen LogP contribution in [0, 0.1) is 0 Å². The van der Waals surface area contributed by atoms with Crippen LogP contribution in [-0.4, -0.2) is 78.9 Å². The number of cyclic esters (lactones) is 1. The number of hydrogen-bond acceptors (Lipinski definition) is 6. The van der Waals surface area contributed by atoms with Crippen LogP contribution in [-0.2, 0) is 16.1 Å². The summed E-state index contributed by atoms with van der Waals surface area (Å²) in [6.07, 6.45) is 0.861. The first-order valence-corrected chi connectivity index (χ1v) is 9.29. The molecular formula is C19H27N3O5. The van der Waals surface area contributed by atoms with Gasteiger partial charge in [-0.15, -0.1) is 0 Å². The Morgan fingerprint density at radius 1 is 1.30 bits per heavy atom. The Morgan fingerprint density at radius 3 is 2.89 bits per heavy atom. The maximum atomic E-state index is 12.8. The van der Waals surface area contributed by atoms with Gasteiger partial charge in [-0.2, -0.15) is 0 Å². The molecule has 0 aliphatic carbocycles. The number of aliphatic hydroxyl groups is 1. The summed E-state index contributed by atoms with van der Waals surface area (Å²) < 4.78 is 10.1. The smallest absolute Gasteiger partial charge is 0.409 e. The summed E-state index contributed by atoms with van der Waals surface area (Å²) in [5.74, 6) is 0.485. The molecule has 0 aromatic heterocycles. The van der Waals surface area contributed by atoms with Gasteiger partial charge in [0.15, 0.2) is 5.60 Å². The molecule has 2 heterocycles. The highest BCUT2D eigenvalue weighted by Gasteiger charge is 2.41. The van der Waals surface area contributed by atoms with Gasteiger partial charge in [0.2, 0.25) is 0 Å². The maximum absolute atomic E-state index is 12.8. The molecule has 2 saturated heterocycles. The second-order valence-corrected chi connectivity index (χ2v) is 6.99. The number of benzene rings is 1. The number of ether oxygens (including phenoxy) is 2. The fraction of sp³-hybridized carbons (Fsp3) is 0.579. The average Bonchev–Trinajstić information content (AvgIpc) is 3.08. The SMILES string of the molecule is COc1cccc(CN2CCC[C@](O)(CNCCN3CCOC3=O)C2=O)c1. The molecule has 2 aliphatic rings. The number of rotatable bonds is 8. The van der Waals surface area contributed by atoms with Gasteiger partial charge in [0.25, 0.3) is 5.91 Å². The lowest BCUT2D eigenvalue weighted by Crippen LogP contribution is -2.58. The van der Waals surface area contributed by atoms with E-state index in [1.165, 1.54) is 0 Å². The number of nitrogens with zero attached hydrogens (tertiary/aromatic N) is 2. The highest BCUT2D eigenvalue weighted by molar-refractivity contribution is 5.86. The molecule has 2 N–H and O–H groups in total. The van der Waals surface area contributed by atoms with Gasteiger partial charge >= 0.3 is 6.09 Å². The molecule has 2 amide bonds. The van der Waals surface area contributed by atoms with Crippen molar-refractivity contribution in [3.63, 3.8) is 0 Å². The molecule has 8 nitrogen and oxygen atoms in total.